The van der Waals surface area contributed by atoms with Gasteiger partial charge in [0.2, 0.25) is 0 Å². The molecule has 3 rings (SSSR count). The van der Waals surface area contributed by atoms with Gasteiger partial charge >= 0.3 is 5.97 Å². The zero-order valence-electron chi connectivity index (χ0n) is 12.7. The molecule has 1 aromatic carbocycles. The lowest BCUT2D eigenvalue weighted by molar-refractivity contribution is -0.140. The fourth-order valence-corrected chi connectivity index (χ4v) is 3.44. The summed E-state index contributed by atoms with van der Waals surface area (Å²) in [5, 5.41) is 8.83. The van der Waals surface area contributed by atoms with E-state index >= 15 is 0 Å². The highest BCUT2D eigenvalue weighted by molar-refractivity contribution is 8.26. The molecule has 1 fully saturated rings. The topological polar surface area (TPSA) is 70.8 Å². The van der Waals surface area contributed by atoms with Gasteiger partial charge in [0, 0.05) is 11.6 Å². The number of aryl methyl sites for hydroxylation is 1. The number of hydrogen-bond donors (Lipinski definition) is 1. The van der Waals surface area contributed by atoms with E-state index in [0.29, 0.717) is 16.4 Å². The molecule has 0 radical (unpaired) electrons. The van der Waals surface area contributed by atoms with Crippen molar-refractivity contribution in [3.05, 3.63) is 52.6 Å². The van der Waals surface area contributed by atoms with Crippen LogP contribution in [0.25, 0.3) is 17.4 Å². The van der Waals surface area contributed by atoms with E-state index in [1.807, 2.05) is 37.3 Å². The van der Waals surface area contributed by atoms with Crippen molar-refractivity contribution in [2.75, 3.05) is 6.54 Å². The van der Waals surface area contributed by atoms with Crippen LogP contribution in [0.1, 0.15) is 11.3 Å². The Bertz CT molecular complexity index is 852. The van der Waals surface area contributed by atoms with Gasteiger partial charge in [-0.15, -0.1) is 0 Å². The maximum atomic E-state index is 12.2. The van der Waals surface area contributed by atoms with Crippen LogP contribution in [-0.4, -0.2) is 32.7 Å². The number of carboxylic acids is 1. The molecule has 1 aliphatic rings. The maximum absolute atomic E-state index is 12.2. The zero-order chi connectivity index (χ0) is 17.3. The van der Waals surface area contributed by atoms with Crippen molar-refractivity contribution in [2.24, 2.45) is 0 Å². The lowest BCUT2D eigenvalue weighted by Crippen LogP contribution is -2.33. The molecule has 0 saturated carbocycles. The monoisotopic (exact) mass is 359 g/mol. The molecular weight excluding hydrogens is 346 g/mol. The number of carbonyl (C=O) groups excluding carboxylic acids is 1. The number of hydrogen-bond acceptors (Lipinski definition) is 5. The molecule has 0 bridgehead atoms. The Kier molecular flexibility index (Phi) is 4.55. The molecule has 0 aliphatic carbocycles. The number of carbonyl (C=O) groups is 2. The van der Waals surface area contributed by atoms with Crippen LogP contribution in [0, 0.1) is 6.92 Å². The Labute approximate surface area is 148 Å². The first-order valence-corrected chi connectivity index (χ1v) is 8.30. The Morgan fingerprint density at radius 2 is 2.00 bits per heavy atom. The Morgan fingerprint density at radius 3 is 2.67 bits per heavy atom. The van der Waals surface area contributed by atoms with Crippen molar-refractivity contribution in [3.8, 4) is 11.3 Å². The van der Waals surface area contributed by atoms with Crippen LogP contribution < -0.4 is 0 Å². The van der Waals surface area contributed by atoms with Gasteiger partial charge in [-0.1, -0.05) is 53.8 Å². The summed E-state index contributed by atoms with van der Waals surface area (Å²) in [6.45, 7) is 1.57. The number of aliphatic carboxylic acids is 1. The van der Waals surface area contributed by atoms with E-state index in [1.165, 1.54) is 0 Å². The first kappa shape index (κ1) is 16.5. The zero-order valence-corrected chi connectivity index (χ0v) is 14.3. The average Bonchev–Trinajstić information content (AvgIpc) is 3.09. The molecule has 0 spiro atoms. The third-order valence-corrected chi connectivity index (χ3v) is 4.78. The summed E-state index contributed by atoms with van der Waals surface area (Å²) in [5.41, 5.74) is 2.10. The number of furan rings is 1. The molecule has 1 aliphatic heterocycles. The quantitative estimate of drug-likeness (QED) is 0.665. The summed E-state index contributed by atoms with van der Waals surface area (Å²) < 4.78 is 5.99. The van der Waals surface area contributed by atoms with E-state index in [9.17, 15) is 9.59 Å². The van der Waals surface area contributed by atoms with Crippen molar-refractivity contribution in [1.29, 1.82) is 0 Å². The van der Waals surface area contributed by atoms with Gasteiger partial charge in [0.25, 0.3) is 5.91 Å². The molecule has 1 N–H and O–H groups in total. The van der Waals surface area contributed by atoms with E-state index in [0.717, 1.165) is 27.8 Å². The predicted octanol–water partition coefficient (Wildman–Crippen LogP) is 3.54. The molecule has 2 heterocycles. The Morgan fingerprint density at radius 1 is 1.29 bits per heavy atom. The van der Waals surface area contributed by atoms with Crippen LogP contribution in [0.5, 0.6) is 0 Å². The van der Waals surface area contributed by atoms with Gasteiger partial charge in [-0.2, -0.15) is 0 Å². The van der Waals surface area contributed by atoms with Crippen LogP contribution in [0.4, 0.5) is 0 Å². The molecule has 24 heavy (non-hydrogen) atoms. The van der Waals surface area contributed by atoms with Crippen molar-refractivity contribution in [2.45, 2.75) is 6.92 Å². The fraction of sp³-hybridized carbons (Fsp3) is 0.118. The van der Waals surface area contributed by atoms with Crippen molar-refractivity contribution >= 4 is 46.3 Å². The van der Waals surface area contributed by atoms with Crippen LogP contribution in [0.2, 0.25) is 0 Å². The standard InChI is InChI=1S/C17H13NO4S2/c1-10-2-4-11(5-3-10)13-7-6-12(22-13)8-14-16(21)18(9-15(19)20)17(23)24-14/h2-8H,9H2,1H3,(H,19,20)/b14-8+. The summed E-state index contributed by atoms with van der Waals surface area (Å²) in [6, 6.07) is 11.5. The average molecular weight is 359 g/mol. The van der Waals surface area contributed by atoms with Gasteiger partial charge in [-0.3, -0.25) is 14.5 Å². The largest absolute Gasteiger partial charge is 0.480 e. The van der Waals surface area contributed by atoms with E-state index in [2.05, 4.69) is 0 Å². The van der Waals surface area contributed by atoms with Gasteiger partial charge in [0.15, 0.2) is 0 Å². The first-order valence-electron chi connectivity index (χ1n) is 7.08. The summed E-state index contributed by atoms with van der Waals surface area (Å²) in [4.78, 5) is 24.4. The highest BCUT2D eigenvalue weighted by Gasteiger charge is 2.33. The minimum Gasteiger partial charge on any atom is -0.480 e. The van der Waals surface area contributed by atoms with Gasteiger partial charge in [-0.05, 0) is 19.1 Å². The third-order valence-electron chi connectivity index (χ3n) is 3.40. The Hall–Kier alpha value is -2.38. The van der Waals surface area contributed by atoms with Gasteiger partial charge in [-0.25, -0.2) is 0 Å². The molecule has 1 amide bonds. The predicted molar refractivity (Wildman–Crippen MR) is 96.4 cm³/mol. The maximum Gasteiger partial charge on any atom is 0.323 e. The molecule has 1 aromatic heterocycles. The van der Waals surface area contributed by atoms with E-state index in [-0.39, 0.29) is 4.32 Å². The van der Waals surface area contributed by atoms with Crippen LogP contribution >= 0.6 is 24.0 Å². The molecule has 2 aromatic rings. The molecule has 0 atom stereocenters. The minimum atomic E-state index is -1.10. The SMILES string of the molecule is Cc1ccc(-c2ccc(/C=C3/SC(=S)N(CC(=O)O)C3=O)o2)cc1. The third kappa shape index (κ3) is 3.42. The Balaban J connectivity index is 1.82. The number of thiocarbonyl (C=S) groups is 1. The van der Waals surface area contributed by atoms with E-state index < -0.39 is 18.4 Å². The van der Waals surface area contributed by atoms with Crippen molar-refractivity contribution in [3.63, 3.8) is 0 Å². The second kappa shape index (κ2) is 6.62. The van der Waals surface area contributed by atoms with Crippen molar-refractivity contribution in [1.82, 2.24) is 4.90 Å². The summed E-state index contributed by atoms with van der Waals surface area (Å²) >= 11 is 6.13. The molecule has 0 unspecified atom stereocenters. The molecular formula is C17H13NO4S2. The molecule has 5 nitrogen and oxygen atoms in total. The fourth-order valence-electron chi connectivity index (χ4n) is 2.20. The smallest absolute Gasteiger partial charge is 0.323 e. The van der Waals surface area contributed by atoms with E-state index in [1.54, 1.807) is 12.1 Å². The number of nitrogens with zero attached hydrogens (tertiary/aromatic N) is 1. The highest BCUT2D eigenvalue weighted by Crippen LogP contribution is 2.33. The summed E-state index contributed by atoms with van der Waals surface area (Å²) in [7, 11) is 0. The molecule has 7 heteroatoms. The number of rotatable bonds is 4. The van der Waals surface area contributed by atoms with Crippen LogP contribution in [0.15, 0.2) is 45.7 Å². The lowest BCUT2D eigenvalue weighted by atomic mass is 10.1. The minimum absolute atomic E-state index is 0.235. The number of benzene rings is 1. The first-order chi connectivity index (χ1) is 11.4. The van der Waals surface area contributed by atoms with Crippen molar-refractivity contribution < 1.29 is 19.1 Å². The van der Waals surface area contributed by atoms with Gasteiger partial charge < -0.3 is 9.52 Å². The summed E-state index contributed by atoms with van der Waals surface area (Å²) in [5.74, 6) is -0.309. The van der Waals surface area contributed by atoms with Crippen LogP contribution in [0.3, 0.4) is 0 Å². The van der Waals surface area contributed by atoms with E-state index in [4.69, 9.17) is 21.7 Å². The normalized spacial score (nSPS) is 16.2. The second-order valence-electron chi connectivity index (χ2n) is 5.23. The van der Waals surface area contributed by atoms with Gasteiger partial charge in [0.05, 0.1) is 4.91 Å². The number of carboxylic acid groups (broad SMARTS) is 1. The molecule has 122 valence electrons. The highest BCUT2D eigenvalue weighted by atomic mass is 32.2. The lowest BCUT2D eigenvalue weighted by Gasteiger charge is -2.09. The molecule has 1 saturated heterocycles. The van der Waals surface area contributed by atoms with Crippen LogP contribution in [-0.2, 0) is 9.59 Å². The number of amides is 1. The number of thioether (sulfide) groups is 1. The summed E-state index contributed by atoms with van der Waals surface area (Å²) in [6.07, 6.45) is 1.58. The second-order valence-corrected chi connectivity index (χ2v) is 6.91. The van der Waals surface area contributed by atoms with Gasteiger partial charge in [0.1, 0.15) is 22.4 Å².